The van der Waals surface area contributed by atoms with Crippen LogP contribution in [0.5, 0.6) is 0 Å². The summed E-state index contributed by atoms with van der Waals surface area (Å²) >= 11 is 0. The molecule has 17 heavy (non-hydrogen) atoms. The minimum atomic E-state index is 0.0858. The van der Waals surface area contributed by atoms with E-state index in [-0.39, 0.29) is 13.3 Å². The van der Waals surface area contributed by atoms with Crippen LogP contribution in [0.4, 0.5) is 0 Å². The predicted molar refractivity (Wildman–Crippen MR) is 80.4 cm³/mol. The third kappa shape index (κ3) is 4.54. The fourth-order valence-electron chi connectivity index (χ4n) is 1.44. The van der Waals surface area contributed by atoms with Crippen LogP contribution in [0.3, 0.4) is 0 Å². The first-order valence-electron chi connectivity index (χ1n) is 6.32. The summed E-state index contributed by atoms with van der Waals surface area (Å²) in [6.45, 7) is 20.7. The number of rotatable bonds is 3. The highest BCUT2D eigenvalue weighted by Crippen LogP contribution is 2.44. The van der Waals surface area contributed by atoms with Gasteiger partial charge in [-0.25, -0.2) is 0 Å². The highest BCUT2D eigenvalue weighted by Gasteiger charge is 2.26. The highest BCUT2D eigenvalue weighted by atomic mass is 31.1. The van der Waals surface area contributed by atoms with Gasteiger partial charge in [-0.3, -0.25) is 0 Å². The summed E-state index contributed by atoms with van der Waals surface area (Å²) < 4.78 is 0. The molecule has 4 heteroatoms. The summed E-state index contributed by atoms with van der Waals surface area (Å²) in [7, 11) is 0.0858. The molecule has 1 aliphatic rings. The van der Waals surface area contributed by atoms with Gasteiger partial charge >= 0.3 is 0 Å². The van der Waals surface area contributed by atoms with Crippen molar-refractivity contribution in [3.05, 3.63) is 19.1 Å². The molecule has 1 unspecified atom stereocenters. The molecule has 1 rings (SSSR count). The van der Waals surface area contributed by atoms with Crippen molar-refractivity contribution in [1.82, 2.24) is 9.80 Å². The second-order valence-corrected chi connectivity index (χ2v) is 9.91. The van der Waals surface area contributed by atoms with Gasteiger partial charge in [-0.15, -0.1) is 7.80 Å². The summed E-state index contributed by atoms with van der Waals surface area (Å²) in [5.41, 5.74) is 0.131. The van der Waals surface area contributed by atoms with Gasteiger partial charge in [-0.05, 0) is 32.4 Å². The molecule has 0 saturated heterocycles. The first-order valence-corrected chi connectivity index (χ1v) is 8.30. The Morgan fingerprint density at radius 3 is 2.12 bits per heavy atom. The minimum absolute atomic E-state index is 0.0858. The van der Waals surface area contributed by atoms with Crippen molar-refractivity contribution in [2.75, 3.05) is 13.1 Å². The SMILES string of the molecule is CP(BCN1[C]N(C(C)(C)C)C=C1)C(C)(C)C. The lowest BCUT2D eigenvalue weighted by atomic mass is 10.1. The molecule has 0 bridgehead atoms. The fraction of sp³-hybridized carbons (Fsp3) is 0.769. The van der Waals surface area contributed by atoms with Gasteiger partial charge in [0.15, 0.2) is 7.00 Å². The topological polar surface area (TPSA) is 6.48 Å². The fourth-order valence-corrected chi connectivity index (χ4v) is 2.63. The lowest BCUT2D eigenvalue weighted by Crippen LogP contribution is -2.36. The first-order chi connectivity index (χ1) is 7.60. The number of hydrogen-bond donors (Lipinski definition) is 0. The molecule has 2 radical (unpaired) electrons. The average Bonchev–Trinajstić information content (AvgIpc) is 2.59. The molecule has 0 aromatic carbocycles. The maximum Gasteiger partial charge on any atom is 0.207 e. The van der Waals surface area contributed by atoms with Crippen LogP contribution in [0.2, 0.25) is 0 Å². The van der Waals surface area contributed by atoms with Crippen molar-refractivity contribution < 1.29 is 0 Å². The highest BCUT2D eigenvalue weighted by molar-refractivity contribution is 7.86. The van der Waals surface area contributed by atoms with Crippen LogP contribution in [-0.4, -0.2) is 40.6 Å². The van der Waals surface area contributed by atoms with Gasteiger partial charge in [0.1, 0.15) is 0 Å². The zero-order valence-electron chi connectivity index (χ0n) is 12.4. The van der Waals surface area contributed by atoms with E-state index in [0.29, 0.717) is 5.16 Å². The van der Waals surface area contributed by atoms with E-state index in [1.54, 1.807) is 0 Å². The summed E-state index contributed by atoms with van der Waals surface area (Å²) in [4.78, 5) is 4.35. The monoisotopic (exact) mass is 252 g/mol. The van der Waals surface area contributed by atoms with Crippen LogP contribution in [0.25, 0.3) is 0 Å². The van der Waals surface area contributed by atoms with Crippen molar-refractivity contribution >= 4 is 14.8 Å². The van der Waals surface area contributed by atoms with E-state index in [4.69, 9.17) is 0 Å². The Balaban J connectivity index is 2.36. The Kier molecular flexibility index (Phi) is 4.57. The van der Waals surface area contributed by atoms with Gasteiger partial charge in [0, 0.05) is 17.9 Å². The van der Waals surface area contributed by atoms with E-state index in [0.717, 1.165) is 6.44 Å². The second-order valence-electron chi connectivity index (χ2n) is 6.72. The second kappa shape index (κ2) is 5.22. The van der Waals surface area contributed by atoms with Gasteiger partial charge < -0.3 is 9.80 Å². The van der Waals surface area contributed by atoms with Crippen molar-refractivity contribution in [3.63, 3.8) is 0 Å². The van der Waals surface area contributed by atoms with Crippen LogP contribution >= 0.6 is 7.80 Å². The van der Waals surface area contributed by atoms with Crippen molar-refractivity contribution in [2.45, 2.75) is 52.2 Å². The predicted octanol–water partition coefficient (Wildman–Crippen LogP) is 3.09. The molecule has 0 amide bonds. The third-order valence-electron chi connectivity index (χ3n) is 3.18. The van der Waals surface area contributed by atoms with E-state index >= 15 is 0 Å². The Hall–Kier alpha value is -0.165. The average molecular weight is 252 g/mol. The summed E-state index contributed by atoms with van der Waals surface area (Å²) in [6.07, 6.45) is 5.34. The maximum absolute atomic E-state index is 3.40. The molecular formula is C13H26BN2P. The molecular weight excluding hydrogens is 226 g/mol. The molecule has 0 spiro atoms. The normalized spacial score (nSPS) is 18.8. The smallest absolute Gasteiger partial charge is 0.207 e. The largest absolute Gasteiger partial charge is 0.354 e. The maximum atomic E-state index is 3.40. The van der Waals surface area contributed by atoms with Crippen LogP contribution in [-0.2, 0) is 0 Å². The van der Waals surface area contributed by atoms with Crippen LogP contribution in [0.1, 0.15) is 41.5 Å². The lowest BCUT2D eigenvalue weighted by Gasteiger charge is -2.32. The summed E-state index contributed by atoms with van der Waals surface area (Å²) in [5, 5.41) is 0.461. The van der Waals surface area contributed by atoms with E-state index in [1.165, 1.54) is 7.00 Å². The van der Waals surface area contributed by atoms with Crippen LogP contribution < -0.4 is 0 Å². The molecule has 96 valence electrons. The quantitative estimate of drug-likeness (QED) is 0.562. The van der Waals surface area contributed by atoms with Crippen LogP contribution in [0, 0.1) is 6.67 Å². The number of nitrogens with zero attached hydrogens (tertiary/aromatic N) is 2. The van der Waals surface area contributed by atoms with Gasteiger partial charge in [-0.2, -0.15) is 0 Å². The molecule has 1 atom stereocenters. The van der Waals surface area contributed by atoms with E-state index < -0.39 is 0 Å². The van der Waals surface area contributed by atoms with E-state index in [2.05, 4.69) is 77.1 Å². The number of hydrogen-bond acceptors (Lipinski definition) is 2. The Morgan fingerprint density at radius 1 is 1.12 bits per heavy atom. The molecule has 0 fully saturated rings. The lowest BCUT2D eigenvalue weighted by molar-refractivity contribution is 0.224. The summed E-state index contributed by atoms with van der Waals surface area (Å²) in [5.74, 6) is 0. The summed E-state index contributed by atoms with van der Waals surface area (Å²) in [6, 6.07) is 0. The molecule has 0 saturated carbocycles. The van der Waals surface area contributed by atoms with Gasteiger partial charge in [0.2, 0.25) is 6.67 Å². The first kappa shape index (κ1) is 14.9. The van der Waals surface area contributed by atoms with Crippen LogP contribution in [0.15, 0.2) is 12.4 Å². The minimum Gasteiger partial charge on any atom is -0.354 e. The van der Waals surface area contributed by atoms with Gasteiger partial charge in [-0.1, -0.05) is 27.4 Å². The standard InChI is InChI=1S/C13H26BN2P/c1-12(2,3)16-9-8-15(11-16)10-14-17(7)13(4,5)6/h8-9,14H,10H2,1-7H3. The van der Waals surface area contributed by atoms with Gasteiger partial charge in [0.25, 0.3) is 0 Å². The molecule has 1 aliphatic heterocycles. The third-order valence-corrected chi connectivity index (χ3v) is 6.34. The zero-order valence-corrected chi connectivity index (χ0v) is 13.3. The Labute approximate surface area is 109 Å². The zero-order chi connectivity index (χ0) is 13.3. The van der Waals surface area contributed by atoms with Gasteiger partial charge in [0.05, 0.1) is 0 Å². The van der Waals surface area contributed by atoms with E-state index in [9.17, 15) is 0 Å². The molecule has 2 nitrogen and oxygen atoms in total. The van der Waals surface area contributed by atoms with E-state index in [1.807, 2.05) is 0 Å². The molecule has 0 aliphatic carbocycles. The molecule has 0 aromatic rings. The Bertz CT molecular complexity index is 278. The molecule has 0 N–H and O–H groups in total. The van der Waals surface area contributed by atoms with Crippen molar-refractivity contribution in [3.8, 4) is 0 Å². The Morgan fingerprint density at radius 2 is 1.71 bits per heavy atom. The van der Waals surface area contributed by atoms with Crippen molar-refractivity contribution in [2.24, 2.45) is 0 Å². The molecule has 0 aromatic heterocycles. The molecule has 1 heterocycles. The van der Waals surface area contributed by atoms with Crippen molar-refractivity contribution in [1.29, 1.82) is 0 Å².